The largest absolute Gasteiger partial charge is 0.471 e. The second-order valence-electron chi connectivity index (χ2n) is 3.94. The van der Waals surface area contributed by atoms with Gasteiger partial charge in [0.15, 0.2) is 0 Å². The van der Waals surface area contributed by atoms with Crippen LogP contribution in [0, 0.1) is 0 Å². The van der Waals surface area contributed by atoms with Crippen LogP contribution < -0.4 is 0 Å². The second-order valence-corrected chi connectivity index (χ2v) is 3.94. The molecule has 0 unspecified atom stereocenters. The summed E-state index contributed by atoms with van der Waals surface area (Å²) in [5, 5.41) is 0. The Hall–Kier alpha value is -1.62. The summed E-state index contributed by atoms with van der Waals surface area (Å²) in [5.74, 6) is -15.3. The predicted molar refractivity (Wildman–Crippen MR) is 43.3 cm³/mol. The molecule has 0 amide bonds. The molecule has 26 heavy (non-hydrogen) atoms. The van der Waals surface area contributed by atoms with Gasteiger partial charge in [-0.25, -0.2) is 0 Å². The van der Waals surface area contributed by atoms with Crippen LogP contribution in [0.4, 0.5) is 70.2 Å². The topological polar surface area (TPSA) is 18.5 Å². The normalized spacial score (nSPS) is 16.9. The van der Waals surface area contributed by atoms with Crippen LogP contribution in [0.25, 0.3) is 0 Å². The van der Waals surface area contributed by atoms with E-state index in [0.717, 1.165) is 0 Å². The highest BCUT2D eigenvalue weighted by atomic mass is 19.4. The van der Waals surface area contributed by atoms with Crippen molar-refractivity contribution in [3.63, 3.8) is 0 Å². The van der Waals surface area contributed by atoms with Crippen molar-refractivity contribution < 1.29 is 79.7 Å². The van der Waals surface area contributed by atoms with E-state index in [1.807, 2.05) is 0 Å². The summed E-state index contributed by atoms with van der Waals surface area (Å²) in [4.78, 5) is 0. The van der Waals surface area contributed by atoms with Crippen molar-refractivity contribution in [1.82, 2.24) is 0 Å². The molecule has 0 aromatic carbocycles. The Morgan fingerprint density at radius 2 is 0.923 bits per heavy atom. The van der Waals surface area contributed by atoms with Crippen molar-refractivity contribution in [2.24, 2.45) is 0 Å². The molecule has 0 aliphatic carbocycles. The van der Waals surface area contributed by atoms with Crippen LogP contribution in [-0.4, -0.2) is 36.3 Å². The van der Waals surface area contributed by atoms with Crippen molar-refractivity contribution >= 4 is 0 Å². The lowest BCUT2D eigenvalue weighted by Gasteiger charge is -2.37. The molecule has 0 fully saturated rings. The first-order chi connectivity index (χ1) is 11.0. The molecule has 0 aromatic heterocycles. The summed E-state index contributed by atoms with van der Waals surface area (Å²) in [6, 6.07) is -4.00. The predicted octanol–water partition coefficient (Wildman–Crippen LogP) is 5.67. The zero-order valence-electron chi connectivity index (χ0n) is 10.9. The maximum atomic E-state index is 13.3. The Morgan fingerprint density at radius 1 is 0.538 bits per heavy atom. The van der Waals surface area contributed by atoms with E-state index in [9.17, 15) is 70.2 Å². The van der Waals surface area contributed by atoms with Gasteiger partial charge in [0.2, 0.25) is 0 Å². The van der Waals surface area contributed by atoms with E-state index in [0.29, 0.717) is 0 Å². The molecule has 0 N–H and O–H groups in total. The van der Waals surface area contributed by atoms with Gasteiger partial charge >= 0.3 is 48.4 Å². The molecule has 0 rings (SSSR count). The third-order valence-corrected chi connectivity index (χ3v) is 2.10. The third kappa shape index (κ3) is 4.20. The van der Waals surface area contributed by atoms with Crippen molar-refractivity contribution in [1.29, 1.82) is 0 Å². The summed E-state index contributed by atoms with van der Waals surface area (Å²) in [6.45, 7) is 0. The lowest BCUT2D eigenvalue weighted by atomic mass is 10.2. The van der Waals surface area contributed by atoms with E-state index in [1.165, 1.54) is 4.74 Å². The maximum absolute atomic E-state index is 13.3. The summed E-state index contributed by atoms with van der Waals surface area (Å²) >= 11 is 0. The van der Waals surface area contributed by atoms with Gasteiger partial charge in [-0.15, -0.1) is 0 Å². The molecule has 0 aromatic rings. The summed E-state index contributed by atoms with van der Waals surface area (Å²) in [7, 11) is 0. The van der Waals surface area contributed by atoms with Gasteiger partial charge in [0.1, 0.15) is 0 Å². The quantitative estimate of drug-likeness (QED) is 0.398. The van der Waals surface area contributed by atoms with Crippen LogP contribution in [0.5, 0.6) is 0 Å². The number of hydrogen-bond donors (Lipinski definition) is 0. The highest BCUT2D eigenvalue weighted by Crippen LogP contribution is 2.55. The highest BCUT2D eigenvalue weighted by Gasteiger charge is 2.84. The summed E-state index contributed by atoms with van der Waals surface area (Å²) < 4.78 is 199. The van der Waals surface area contributed by atoms with Crippen LogP contribution in [0.2, 0.25) is 0 Å². The first-order valence-corrected chi connectivity index (χ1v) is 5.09. The molecule has 18 heteroatoms. The number of rotatable bonds is 6. The van der Waals surface area contributed by atoms with E-state index in [2.05, 4.69) is 0 Å². The molecule has 0 aliphatic heterocycles. The SMILES string of the molecule is FC(F)=C(F)OC(F)(F)[C@@](F)(OC(F)(F)C(F)(F)C(F)(F)F)C(F)(F)F. The van der Waals surface area contributed by atoms with Gasteiger partial charge in [0.25, 0.3) is 0 Å². The monoisotopic (exact) mass is 432 g/mol. The van der Waals surface area contributed by atoms with Crippen molar-refractivity contribution in [3.8, 4) is 0 Å². The number of halogens is 16. The molecule has 1 atom stereocenters. The van der Waals surface area contributed by atoms with Gasteiger partial charge in [-0.3, -0.25) is 4.74 Å². The van der Waals surface area contributed by atoms with Gasteiger partial charge in [-0.1, -0.05) is 0 Å². The van der Waals surface area contributed by atoms with Crippen molar-refractivity contribution in [3.05, 3.63) is 12.1 Å². The highest BCUT2D eigenvalue weighted by molar-refractivity contribution is 4.95. The molecular weight excluding hydrogens is 432 g/mol. The fourth-order valence-corrected chi connectivity index (χ4v) is 0.905. The van der Waals surface area contributed by atoms with E-state index >= 15 is 0 Å². The Morgan fingerprint density at radius 3 is 1.19 bits per heavy atom. The van der Waals surface area contributed by atoms with Crippen LogP contribution in [0.3, 0.4) is 0 Å². The summed E-state index contributed by atoms with van der Waals surface area (Å²) in [5.41, 5.74) is 0. The average molecular weight is 432 g/mol. The van der Waals surface area contributed by atoms with Crippen LogP contribution >= 0.6 is 0 Å². The number of hydrogen-bond acceptors (Lipinski definition) is 2. The van der Waals surface area contributed by atoms with Gasteiger partial charge < -0.3 is 4.74 Å². The Balaban J connectivity index is 6.27. The fraction of sp³-hybridized carbons (Fsp3) is 0.750. The molecule has 0 aliphatic rings. The Kier molecular flexibility index (Phi) is 6.11. The van der Waals surface area contributed by atoms with Crippen LogP contribution in [0.15, 0.2) is 12.1 Å². The molecule has 0 spiro atoms. The minimum Gasteiger partial charge on any atom is -0.398 e. The molecule has 0 bridgehead atoms. The first-order valence-electron chi connectivity index (χ1n) is 5.09. The van der Waals surface area contributed by atoms with E-state index in [-0.39, 0.29) is 0 Å². The molecule has 0 heterocycles. The molecule has 0 radical (unpaired) electrons. The Labute approximate surface area is 129 Å². The van der Waals surface area contributed by atoms with Gasteiger partial charge in [0, 0.05) is 0 Å². The van der Waals surface area contributed by atoms with E-state index in [1.54, 1.807) is 4.74 Å². The van der Waals surface area contributed by atoms with Crippen LogP contribution in [0.1, 0.15) is 0 Å². The molecule has 0 saturated heterocycles. The van der Waals surface area contributed by atoms with E-state index < -0.39 is 48.4 Å². The lowest BCUT2D eigenvalue weighted by molar-refractivity contribution is -0.531. The van der Waals surface area contributed by atoms with Gasteiger partial charge in [-0.05, 0) is 0 Å². The second kappa shape index (κ2) is 6.52. The molecular formula is C8F16O2. The number of ether oxygens (including phenoxy) is 2. The third-order valence-electron chi connectivity index (χ3n) is 2.10. The van der Waals surface area contributed by atoms with Crippen molar-refractivity contribution in [2.45, 2.75) is 36.3 Å². The minimum absolute atomic E-state index is 1.32. The van der Waals surface area contributed by atoms with Gasteiger partial charge in [-0.2, -0.15) is 70.2 Å². The molecule has 2 nitrogen and oxygen atoms in total. The lowest BCUT2D eigenvalue weighted by Crippen LogP contribution is -2.65. The number of alkyl halides is 13. The maximum Gasteiger partial charge on any atom is 0.471 e. The molecule has 0 saturated carbocycles. The van der Waals surface area contributed by atoms with Gasteiger partial charge in [0.05, 0.1) is 0 Å². The first kappa shape index (κ1) is 24.4. The average Bonchev–Trinajstić information content (AvgIpc) is 2.34. The van der Waals surface area contributed by atoms with Crippen molar-refractivity contribution in [2.75, 3.05) is 0 Å². The van der Waals surface area contributed by atoms with Crippen LogP contribution in [-0.2, 0) is 9.47 Å². The fourth-order valence-electron chi connectivity index (χ4n) is 0.905. The molecule has 156 valence electrons. The smallest absolute Gasteiger partial charge is 0.398 e. The van der Waals surface area contributed by atoms with E-state index in [4.69, 9.17) is 0 Å². The zero-order valence-corrected chi connectivity index (χ0v) is 10.9. The Bertz CT molecular complexity index is 539. The minimum atomic E-state index is -7.68. The standard InChI is InChI=1S/C8F16O2/c9-1(10)2(11)25-8(23,24)4(14,6(18,19)20)26-7(21,22)3(12,13)5(15,16)17/t4-/m0/s1. The zero-order chi connectivity index (χ0) is 21.6. The summed E-state index contributed by atoms with van der Waals surface area (Å²) in [6.07, 6.45) is -34.1.